The number of carbonyl (C=O) groups is 1. The molecule has 0 radical (unpaired) electrons. The summed E-state index contributed by atoms with van der Waals surface area (Å²) in [6.45, 7) is 0. The van der Waals surface area contributed by atoms with E-state index in [0.717, 1.165) is 10.4 Å². The van der Waals surface area contributed by atoms with Crippen molar-refractivity contribution >= 4 is 44.9 Å². The number of aromatic nitrogens is 1. The maximum atomic E-state index is 12.5. The molecule has 0 saturated carbocycles. The molecule has 5 nitrogen and oxygen atoms in total. The zero-order valence-corrected chi connectivity index (χ0v) is 15.5. The fourth-order valence-electron chi connectivity index (χ4n) is 2.66. The predicted molar refractivity (Wildman–Crippen MR) is 107 cm³/mol. The lowest BCUT2D eigenvalue weighted by Gasteiger charge is -2.02. The van der Waals surface area contributed by atoms with Gasteiger partial charge < -0.3 is 4.42 Å². The Hall–Kier alpha value is -2.96. The number of hydrogen-bond donors (Lipinski definition) is 1. The Kier molecular flexibility index (Phi) is 4.75. The third-order valence-electron chi connectivity index (χ3n) is 3.98. The predicted octanol–water partition coefficient (Wildman–Crippen LogP) is 4.75. The molecule has 2 heterocycles. The Bertz CT molecular complexity index is 1200. The number of rotatable bonds is 4. The molecule has 1 N–H and O–H groups in total. The lowest BCUT2D eigenvalue weighted by Crippen LogP contribution is -2.20. The Morgan fingerprint density at radius 1 is 1.15 bits per heavy atom. The smallest absolute Gasteiger partial charge is 0.349 e. The number of fused-ring (bicyclic) bond motifs is 1. The summed E-state index contributed by atoms with van der Waals surface area (Å²) in [4.78, 5) is 29.7. The van der Waals surface area contributed by atoms with Crippen LogP contribution < -0.4 is 10.9 Å². The minimum atomic E-state index is -0.681. The van der Waals surface area contributed by atoms with Crippen LogP contribution >= 0.6 is 22.9 Å². The summed E-state index contributed by atoms with van der Waals surface area (Å²) in [6, 6.07) is 16.1. The highest BCUT2D eigenvalue weighted by atomic mass is 35.5. The zero-order chi connectivity index (χ0) is 18.8. The molecule has 0 saturated heterocycles. The van der Waals surface area contributed by atoms with Gasteiger partial charge in [0.25, 0.3) is 5.91 Å². The van der Waals surface area contributed by atoms with Crippen molar-refractivity contribution in [2.75, 3.05) is 5.32 Å². The normalized spacial score (nSPS) is 10.9. The molecular weight excluding hydrogens is 384 g/mol. The monoisotopic (exact) mass is 396 g/mol. The van der Waals surface area contributed by atoms with Gasteiger partial charge in [-0.05, 0) is 23.8 Å². The molecule has 0 fully saturated rings. The summed E-state index contributed by atoms with van der Waals surface area (Å²) in [5.74, 6) is -0.548. The highest BCUT2D eigenvalue weighted by molar-refractivity contribution is 7.15. The summed E-state index contributed by atoms with van der Waals surface area (Å²) in [5, 5.41) is 4.44. The molecule has 7 heteroatoms. The van der Waals surface area contributed by atoms with Crippen LogP contribution in [0.5, 0.6) is 0 Å². The number of hydrogen-bond acceptors (Lipinski definition) is 5. The average molecular weight is 397 g/mol. The SMILES string of the molecule is O=C(Nc1ncc(Cc2ccccc2Cl)s1)c1cc2ccccc2oc1=O. The van der Waals surface area contributed by atoms with Crippen LogP contribution in [0.15, 0.2) is 70.0 Å². The van der Waals surface area contributed by atoms with E-state index < -0.39 is 11.5 Å². The molecule has 4 aromatic rings. The number of para-hydroxylation sites is 1. The second kappa shape index (κ2) is 7.34. The van der Waals surface area contributed by atoms with Gasteiger partial charge in [0, 0.05) is 27.9 Å². The van der Waals surface area contributed by atoms with Crippen molar-refractivity contribution in [1.82, 2.24) is 4.98 Å². The van der Waals surface area contributed by atoms with E-state index in [0.29, 0.717) is 27.5 Å². The van der Waals surface area contributed by atoms with Gasteiger partial charge in [0.15, 0.2) is 5.13 Å². The first-order valence-electron chi connectivity index (χ1n) is 8.12. The van der Waals surface area contributed by atoms with Gasteiger partial charge in [0.05, 0.1) is 0 Å². The van der Waals surface area contributed by atoms with Crippen LogP contribution in [0, 0.1) is 0 Å². The average Bonchev–Trinajstić information content (AvgIpc) is 3.10. The van der Waals surface area contributed by atoms with Gasteiger partial charge in [-0.1, -0.05) is 48.0 Å². The molecule has 0 aliphatic rings. The number of nitrogens with zero attached hydrogens (tertiary/aromatic N) is 1. The molecule has 4 rings (SSSR count). The van der Waals surface area contributed by atoms with E-state index in [-0.39, 0.29) is 5.56 Å². The van der Waals surface area contributed by atoms with Crippen LogP contribution in [0.1, 0.15) is 20.8 Å². The Balaban J connectivity index is 1.54. The second-order valence-corrected chi connectivity index (χ2v) is 7.36. The standard InChI is InChI=1S/C20H13ClN2O3S/c21-16-7-3-1-5-12(16)9-14-11-22-20(27-14)23-18(24)15-10-13-6-2-4-8-17(13)26-19(15)25/h1-8,10-11H,9H2,(H,22,23,24). The van der Waals surface area contributed by atoms with Crippen molar-refractivity contribution < 1.29 is 9.21 Å². The number of nitrogens with one attached hydrogen (secondary N) is 1. The van der Waals surface area contributed by atoms with Gasteiger partial charge in [0.2, 0.25) is 0 Å². The molecule has 2 aromatic carbocycles. The Labute approximate surface area is 163 Å². The Morgan fingerprint density at radius 2 is 1.93 bits per heavy atom. The minimum absolute atomic E-state index is 0.0587. The van der Waals surface area contributed by atoms with Crippen LogP contribution in [-0.2, 0) is 6.42 Å². The molecule has 0 bridgehead atoms. The maximum Gasteiger partial charge on any atom is 0.349 e. The first kappa shape index (κ1) is 17.5. The summed E-state index contributed by atoms with van der Waals surface area (Å²) >= 11 is 7.51. The molecule has 0 aliphatic heterocycles. The highest BCUT2D eigenvalue weighted by Crippen LogP contribution is 2.25. The van der Waals surface area contributed by atoms with Gasteiger partial charge >= 0.3 is 5.63 Å². The van der Waals surface area contributed by atoms with E-state index in [1.807, 2.05) is 30.3 Å². The molecule has 0 atom stereocenters. The molecule has 27 heavy (non-hydrogen) atoms. The molecular formula is C20H13ClN2O3S. The second-order valence-electron chi connectivity index (χ2n) is 5.84. The maximum absolute atomic E-state index is 12.5. The fourth-order valence-corrected chi connectivity index (χ4v) is 3.69. The molecule has 134 valence electrons. The van der Waals surface area contributed by atoms with Crippen LogP contribution in [-0.4, -0.2) is 10.9 Å². The zero-order valence-electron chi connectivity index (χ0n) is 13.9. The molecule has 0 aliphatic carbocycles. The summed E-state index contributed by atoms with van der Waals surface area (Å²) < 4.78 is 5.20. The molecule has 1 amide bonds. The van der Waals surface area contributed by atoms with Gasteiger partial charge in [0.1, 0.15) is 11.1 Å². The molecule has 0 unspecified atom stereocenters. The third kappa shape index (κ3) is 3.77. The van der Waals surface area contributed by atoms with E-state index in [2.05, 4.69) is 10.3 Å². The Morgan fingerprint density at radius 3 is 2.78 bits per heavy atom. The van der Waals surface area contributed by atoms with E-state index in [1.165, 1.54) is 17.4 Å². The minimum Gasteiger partial charge on any atom is -0.422 e. The van der Waals surface area contributed by atoms with Crippen molar-refractivity contribution in [3.8, 4) is 0 Å². The van der Waals surface area contributed by atoms with Crippen molar-refractivity contribution in [2.24, 2.45) is 0 Å². The van der Waals surface area contributed by atoms with E-state index in [4.69, 9.17) is 16.0 Å². The number of thiazole rings is 1. The lowest BCUT2D eigenvalue weighted by molar-refractivity contribution is 0.102. The molecule has 2 aromatic heterocycles. The third-order valence-corrected chi connectivity index (χ3v) is 5.26. The number of carbonyl (C=O) groups excluding carboxylic acids is 1. The highest BCUT2D eigenvalue weighted by Gasteiger charge is 2.15. The van der Waals surface area contributed by atoms with Crippen LogP contribution in [0.3, 0.4) is 0 Å². The molecule has 0 spiro atoms. The largest absolute Gasteiger partial charge is 0.422 e. The van der Waals surface area contributed by atoms with Crippen molar-refractivity contribution in [3.05, 3.63) is 92.2 Å². The first-order chi connectivity index (χ1) is 13.1. The fraction of sp³-hybridized carbons (Fsp3) is 0.0500. The van der Waals surface area contributed by atoms with Crippen molar-refractivity contribution in [3.63, 3.8) is 0 Å². The quantitative estimate of drug-likeness (QED) is 0.505. The van der Waals surface area contributed by atoms with Gasteiger partial charge in [-0.15, -0.1) is 11.3 Å². The van der Waals surface area contributed by atoms with Crippen LogP contribution in [0.4, 0.5) is 5.13 Å². The topological polar surface area (TPSA) is 72.2 Å². The van der Waals surface area contributed by atoms with Crippen molar-refractivity contribution in [1.29, 1.82) is 0 Å². The summed E-state index contributed by atoms with van der Waals surface area (Å²) in [7, 11) is 0. The summed E-state index contributed by atoms with van der Waals surface area (Å²) in [6.07, 6.45) is 2.30. The summed E-state index contributed by atoms with van der Waals surface area (Å²) in [5.41, 5.74) is 0.682. The number of benzene rings is 2. The lowest BCUT2D eigenvalue weighted by atomic mass is 10.1. The van der Waals surface area contributed by atoms with Gasteiger partial charge in [-0.3, -0.25) is 10.1 Å². The number of amides is 1. The first-order valence-corrected chi connectivity index (χ1v) is 9.32. The van der Waals surface area contributed by atoms with Gasteiger partial charge in [-0.2, -0.15) is 0 Å². The van der Waals surface area contributed by atoms with E-state index in [1.54, 1.807) is 24.4 Å². The van der Waals surface area contributed by atoms with Gasteiger partial charge in [-0.25, -0.2) is 9.78 Å². The number of anilines is 1. The number of halogens is 1. The van der Waals surface area contributed by atoms with Crippen LogP contribution in [0.25, 0.3) is 11.0 Å². The van der Waals surface area contributed by atoms with E-state index in [9.17, 15) is 9.59 Å². The van der Waals surface area contributed by atoms with E-state index >= 15 is 0 Å². The van der Waals surface area contributed by atoms with Crippen LogP contribution in [0.2, 0.25) is 5.02 Å². The van der Waals surface area contributed by atoms with Crippen molar-refractivity contribution in [2.45, 2.75) is 6.42 Å².